The van der Waals surface area contributed by atoms with Crippen molar-refractivity contribution >= 4 is 33.4 Å². The normalized spacial score (nSPS) is 20.3. The molecule has 16 heteroatoms. The third-order valence-corrected chi connectivity index (χ3v) is 8.94. The quantitative estimate of drug-likeness (QED) is 0.181. The number of aromatic nitrogens is 6. The highest BCUT2D eigenvalue weighted by Crippen LogP contribution is 2.49. The predicted octanol–water partition coefficient (Wildman–Crippen LogP) is 4.95. The van der Waals surface area contributed by atoms with E-state index in [0.29, 0.717) is 11.8 Å². The van der Waals surface area contributed by atoms with E-state index in [1.54, 1.807) is 6.92 Å². The first-order chi connectivity index (χ1) is 21.8. The molecular formula is C30H28F5N9O2. The van der Waals surface area contributed by atoms with E-state index < -0.39 is 51.7 Å². The number of rotatable bonds is 7. The number of piperidine rings is 1. The second-order valence-corrected chi connectivity index (χ2v) is 12.0. The number of H-pyrrole nitrogens is 2. The summed E-state index contributed by atoms with van der Waals surface area (Å²) in [5, 5.41) is 8.96. The van der Waals surface area contributed by atoms with Crippen LogP contribution in [0.5, 0.6) is 6.01 Å². The molecule has 1 aromatic carbocycles. The van der Waals surface area contributed by atoms with E-state index in [-0.39, 0.29) is 57.7 Å². The lowest BCUT2D eigenvalue weighted by Gasteiger charge is -2.23. The van der Waals surface area contributed by atoms with Crippen molar-refractivity contribution in [3.05, 3.63) is 63.2 Å². The van der Waals surface area contributed by atoms with E-state index in [1.165, 1.54) is 13.0 Å². The van der Waals surface area contributed by atoms with E-state index in [9.17, 15) is 22.4 Å². The van der Waals surface area contributed by atoms with E-state index in [2.05, 4.69) is 40.3 Å². The molecule has 46 heavy (non-hydrogen) atoms. The molecule has 0 bridgehead atoms. The van der Waals surface area contributed by atoms with Gasteiger partial charge in [0.2, 0.25) is 0 Å². The minimum atomic E-state index is -4.90. The first kappa shape index (κ1) is 29.8. The summed E-state index contributed by atoms with van der Waals surface area (Å²) in [5.41, 5.74) is 2.20. The van der Waals surface area contributed by atoms with Crippen LogP contribution in [0.2, 0.25) is 0 Å². The molecule has 1 saturated heterocycles. The number of nitrogens with one attached hydrogen (secondary N) is 3. The molecule has 0 spiro atoms. The number of aromatic amines is 2. The van der Waals surface area contributed by atoms with Gasteiger partial charge in [-0.05, 0) is 56.8 Å². The Hall–Kier alpha value is -4.86. The van der Waals surface area contributed by atoms with E-state index in [4.69, 9.17) is 10.5 Å². The lowest BCUT2D eigenvalue weighted by atomic mass is 9.94. The number of likely N-dealkylation sites (N-methyl/N-ethyl adjacent to an activating group) is 1. The van der Waals surface area contributed by atoms with Crippen molar-refractivity contribution in [1.29, 1.82) is 0 Å². The van der Waals surface area contributed by atoms with Crippen LogP contribution in [0, 0.1) is 30.4 Å². The summed E-state index contributed by atoms with van der Waals surface area (Å²) in [4.78, 5) is 30.5. The zero-order chi connectivity index (χ0) is 32.7. The summed E-state index contributed by atoms with van der Waals surface area (Å²) in [6.07, 6.45) is -1.76. The van der Waals surface area contributed by atoms with Gasteiger partial charge in [-0.3, -0.25) is 14.8 Å². The van der Waals surface area contributed by atoms with E-state index >= 15 is 4.39 Å². The number of nitrogens with two attached hydrogens (primary N) is 1. The largest absolute Gasteiger partial charge is 0.462 e. The number of nitrogens with zero attached hydrogens (tertiary/aromatic N) is 5. The lowest BCUT2D eigenvalue weighted by molar-refractivity contribution is -0.137. The molecule has 0 amide bonds. The third-order valence-electron chi connectivity index (χ3n) is 8.94. The second-order valence-electron chi connectivity index (χ2n) is 12.0. The fourth-order valence-electron chi connectivity index (χ4n) is 6.65. The summed E-state index contributed by atoms with van der Waals surface area (Å²) in [6, 6.07) is 1.37. The molecule has 0 radical (unpaired) electrons. The maximum absolute atomic E-state index is 16.6. The molecule has 5 heterocycles. The number of fused-ring (bicyclic) bond motifs is 3. The molecule has 7 rings (SSSR count). The summed E-state index contributed by atoms with van der Waals surface area (Å²) < 4.78 is 80.0. The van der Waals surface area contributed by atoms with Crippen molar-refractivity contribution in [1.82, 2.24) is 35.0 Å². The zero-order valence-electron chi connectivity index (χ0n) is 24.8. The topological polar surface area (TPSA) is 151 Å². The minimum absolute atomic E-state index is 0.00475. The van der Waals surface area contributed by atoms with Crippen molar-refractivity contribution in [2.75, 3.05) is 31.2 Å². The Morgan fingerprint density at radius 1 is 1.22 bits per heavy atom. The lowest BCUT2D eigenvalue weighted by Crippen LogP contribution is -2.34. The smallest absolute Gasteiger partial charge is 0.417 e. The van der Waals surface area contributed by atoms with Gasteiger partial charge in [0.1, 0.15) is 35.0 Å². The van der Waals surface area contributed by atoms with Crippen molar-refractivity contribution in [2.24, 2.45) is 11.8 Å². The molecule has 5 aromatic rings. The maximum Gasteiger partial charge on any atom is 0.417 e. The number of hydrogen-bond donors (Lipinski definition) is 4. The van der Waals surface area contributed by atoms with Crippen LogP contribution in [0.3, 0.4) is 0 Å². The van der Waals surface area contributed by atoms with Crippen molar-refractivity contribution < 1.29 is 26.7 Å². The van der Waals surface area contributed by atoms with Gasteiger partial charge in [0.25, 0.3) is 5.56 Å². The Morgan fingerprint density at radius 3 is 2.72 bits per heavy atom. The summed E-state index contributed by atoms with van der Waals surface area (Å²) in [7, 11) is 1.97. The van der Waals surface area contributed by atoms with Crippen LogP contribution in [0.1, 0.15) is 36.1 Å². The monoisotopic (exact) mass is 641 g/mol. The average Bonchev–Trinajstić information content (AvgIpc) is 3.43. The van der Waals surface area contributed by atoms with Crippen LogP contribution >= 0.6 is 0 Å². The standard InChI is InChI=1S/C30H28F5N9O2/c1-11-4-18-17(8-38-43-18)20(22(11)30(33,34)35)24-23(32)25-21(28(45)40-24)27(39-12(2)15-6-14(31)7-37-26(15)36)42-29(41-25)46-10-19-16-5-13(16)9-44(19)3/h4,6-8,12-13,16,19H,5,9-10H2,1-3H3,(H2,36,37)(H,38,43)(H,40,45)(H,39,41,42)/t12-,13-,16-,19-/m1/s1. The molecular weight excluding hydrogens is 613 g/mol. The number of aryl methyl sites for hydroxylation is 1. The number of hydrogen-bond acceptors (Lipinski definition) is 9. The number of ether oxygens (including phenoxy) is 1. The third kappa shape index (κ3) is 4.96. The van der Waals surface area contributed by atoms with Gasteiger partial charge < -0.3 is 20.8 Å². The SMILES string of the molecule is Cc1cc2[nH]ncc2c(-c2[nH]c(=O)c3c(N[C@H](C)c4cc(F)cnc4N)nc(OC[C@@H]4[C@@H]5C[C@@H]5CN4C)nc3c2F)c1C(F)(F)F. The van der Waals surface area contributed by atoms with Gasteiger partial charge in [0, 0.05) is 29.1 Å². The highest BCUT2D eigenvalue weighted by atomic mass is 19.4. The number of benzene rings is 1. The van der Waals surface area contributed by atoms with Crippen molar-refractivity contribution in [2.45, 2.75) is 38.5 Å². The molecule has 4 aromatic heterocycles. The molecule has 5 N–H and O–H groups in total. The van der Waals surface area contributed by atoms with Crippen molar-refractivity contribution in [3.8, 4) is 17.3 Å². The molecule has 1 aliphatic heterocycles. The Bertz CT molecular complexity index is 2080. The number of halogens is 5. The highest BCUT2D eigenvalue weighted by Gasteiger charge is 2.51. The number of alkyl halides is 3. The Morgan fingerprint density at radius 2 is 2.00 bits per heavy atom. The number of pyridine rings is 2. The summed E-state index contributed by atoms with van der Waals surface area (Å²) in [5.74, 6) is -1.06. The average molecular weight is 642 g/mol. The van der Waals surface area contributed by atoms with Gasteiger partial charge in [-0.1, -0.05) is 0 Å². The number of anilines is 2. The summed E-state index contributed by atoms with van der Waals surface area (Å²) >= 11 is 0. The molecule has 1 saturated carbocycles. The number of likely N-dealkylation sites (tertiary alicyclic amines) is 1. The Kier molecular flexibility index (Phi) is 6.88. The van der Waals surface area contributed by atoms with Crippen LogP contribution in [-0.4, -0.2) is 61.3 Å². The predicted molar refractivity (Wildman–Crippen MR) is 159 cm³/mol. The molecule has 240 valence electrons. The molecule has 2 aliphatic rings. The molecule has 4 atom stereocenters. The first-order valence-corrected chi connectivity index (χ1v) is 14.5. The van der Waals surface area contributed by atoms with Gasteiger partial charge in [-0.15, -0.1) is 0 Å². The van der Waals surface area contributed by atoms with Crippen LogP contribution in [0.15, 0.2) is 29.3 Å². The van der Waals surface area contributed by atoms with Gasteiger partial charge in [-0.2, -0.15) is 28.2 Å². The fourth-order valence-corrected chi connectivity index (χ4v) is 6.65. The zero-order valence-corrected chi connectivity index (χ0v) is 24.8. The first-order valence-electron chi connectivity index (χ1n) is 14.5. The van der Waals surface area contributed by atoms with Crippen LogP contribution in [0.25, 0.3) is 33.1 Å². The molecule has 11 nitrogen and oxygen atoms in total. The Labute approximate surface area is 257 Å². The molecule has 2 fully saturated rings. The second kappa shape index (κ2) is 10.6. The van der Waals surface area contributed by atoms with E-state index in [1.807, 2.05) is 7.05 Å². The van der Waals surface area contributed by atoms with Crippen LogP contribution in [-0.2, 0) is 6.18 Å². The fraction of sp³-hybridized carbons (Fsp3) is 0.367. The Balaban J connectivity index is 1.41. The van der Waals surface area contributed by atoms with E-state index in [0.717, 1.165) is 31.4 Å². The number of nitrogen functional groups attached to an aromatic ring is 1. The maximum atomic E-state index is 16.6. The molecule has 0 unspecified atom stereocenters. The van der Waals surface area contributed by atoms with Gasteiger partial charge in [0.05, 0.1) is 35.2 Å². The minimum Gasteiger partial charge on any atom is -0.462 e. The molecule has 1 aliphatic carbocycles. The van der Waals surface area contributed by atoms with Gasteiger partial charge in [0.15, 0.2) is 5.82 Å². The van der Waals surface area contributed by atoms with Crippen LogP contribution < -0.4 is 21.3 Å². The summed E-state index contributed by atoms with van der Waals surface area (Å²) in [6.45, 7) is 3.92. The van der Waals surface area contributed by atoms with Gasteiger partial charge in [-0.25, -0.2) is 13.8 Å². The van der Waals surface area contributed by atoms with Gasteiger partial charge >= 0.3 is 12.2 Å². The van der Waals surface area contributed by atoms with Crippen LogP contribution in [0.4, 0.5) is 33.6 Å². The highest BCUT2D eigenvalue weighted by molar-refractivity contribution is 5.99. The van der Waals surface area contributed by atoms with Crippen molar-refractivity contribution in [3.63, 3.8) is 0 Å².